The second-order valence-corrected chi connectivity index (χ2v) is 7.73. The third-order valence-corrected chi connectivity index (χ3v) is 5.49. The van der Waals surface area contributed by atoms with E-state index >= 15 is 0 Å². The molecule has 4 aromatic rings. The average molecular weight is 454 g/mol. The molecule has 2 heterocycles. The van der Waals surface area contributed by atoms with Crippen LogP contribution in [-0.4, -0.2) is 27.9 Å². The molecule has 4 rings (SSSR count). The van der Waals surface area contributed by atoms with Crippen LogP contribution in [0.25, 0.3) is 27.7 Å². The molecule has 0 spiro atoms. The molecule has 0 saturated carbocycles. The van der Waals surface area contributed by atoms with Crippen LogP contribution in [0.5, 0.6) is 5.75 Å². The summed E-state index contributed by atoms with van der Waals surface area (Å²) in [5.41, 5.74) is 2.63. The van der Waals surface area contributed by atoms with E-state index in [1.165, 1.54) is 11.8 Å². The van der Waals surface area contributed by atoms with E-state index in [1.54, 1.807) is 24.1 Å². The number of hydrogen-bond acceptors (Lipinski definition) is 5. The number of pyridine rings is 1. The van der Waals surface area contributed by atoms with Crippen molar-refractivity contribution >= 4 is 38.6 Å². The molecule has 0 unspecified atom stereocenters. The van der Waals surface area contributed by atoms with E-state index in [2.05, 4.69) is 25.9 Å². The van der Waals surface area contributed by atoms with Crippen molar-refractivity contribution in [3.63, 3.8) is 0 Å². The molecule has 0 radical (unpaired) electrons. The number of fused-ring (bicyclic) bond motifs is 1. The van der Waals surface area contributed by atoms with Crippen LogP contribution in [0.3, 0.4) is 0 Å². The molecule has 0 aliphatic rings. The Morgan fingerprint density at radius 2 is 1.79 bits per heavy atom. The van der Waals surface area contributed by atoms with Gasteiger partial charge in [0.05, 0.1) is 18.2 Å². The number of rotatable bonds is 4. The fourth-order valence-corrected chi connectivity index (χ4v) is 3.60. The minimum Gasteiger partial charge on any atom is -0.497 e. The van der Waals surface area contributed by atoms with Crippen molar-refractivity contribution in [1.29, 1.82) is 0 Å². The average Bonchev–Trinajstić information content (AvgIpc) is 2.74. The van der Waals surface area contributed by atoms with Crippen LogP contribution >= 0.6 is 27.7 Å². The molecule has 140 valence electrons. The Morgan fingerprint density at radius 1 is 1.07 bits per heavy atom. The minimum atomic E-state index is -0.134. The molecule has 0 bridgehead atoms. The Labute approximate surface area is 174 Å². The van der Waals surface area contributed by atoms with Crippen LogP contribution in [0.4, 0.5) is 0 Å². The predicted molar refractivity (Wildman–Crippen MR) is 117 cm³/mol. The summed E-state index contributed by atoms with van der Waals surface area (Å²) in [6.45, 7) is 0. The molecule has 0 aliphatic carbocycles. The number of nitrogens with zero attached hydrogens (tertiary/aromatic N) is 3. The molecule has 0 aliphatic heterocycles. The van der Waals surface area contributed by atoms with Crippen LogP contribution in [0, 0.1) is 0 Å². The van der Waals surface area contributed by atoms with Gasteiger partial charge in [0.25, 0.3) is 5.56 Å². The number of thioether (sulfide) groups is 1. The van der Waals surface area contributed by atoms with Crippen molar-refractivity contribution in [1.82, 2.24) is 14.5 Å². The van der Waals surface area contributed by atoms with E-state index in [4.69, 9.17) is 4.74 Å². The van der Waals surface area contributed by atoms with Gasteiger partial charge in [-0.15, -0.1) is 0 Å². The number of methoxy groups -OCH3 is 1. The first kappa shape index (κ1) is 18.7. The topological polar surface area (TPSA) is 57.0 Å². The van der Waals surface area contributed by atoms with Crippen LogP contribution < -0.4 is 10.3 Å². The fraction of sp³-hybridized carbons (Fsp3) is 0.0952. The summed E-state index contributed by atoms with van der Waals surface area (Å²) in [5.74, 6) is 0.735. The van der Waals surface area contributed by atoms with Crippen molar-refractivity contribution in [3.05, 3.63) is 75.8 Å². The molecule has 0 amide bonds. The van der Waals surface area contributed by atoms with Crippen LogP contribution in [0.15, 0.2) is 75.3 Å². The smallest absolute Gasteiger partial charge is 0.265 e. The summed E-state index contributed by atoms with van der Waals surface area (Å²) in [4.78, 5) is 22.5. The zero-order chi connectivity index (χ0) is 19.7. The molecule has 28 heavy (non-hydrogen) atoms. The lowest BCUT2D eigenvalue weighted by molar-refractivity contribution is 0.414. The van der Waals surface area contributed by atoms with Gasteiger partial charge < -0.3 is 4.74 Å². The minimum absolute atomic E-state index is 0.134. The Morgan fingerprint density at radius 3 is 2.43 bits per heavy atom. The van der Waals surface area contributed by atoms with Gasteiger partial charge in [0.1, 0.15) is 5.75 Å². The van der Waals surface area contributed by atoms with E-state index < -0.39 is 0 Å². The largest absolute Gasteiger partial charge is 0.497 e. The summed E-state index contributed by atoms with van der Waals surface area (Å²) in [5, 5.41) is 1.43. The standard InChI is InChI=1S/C21H16BrN3O2S/c1-27-17-9-7-16(8-10-17)25-12-14-11-23-21(28-2)24-19(14)18(20(25)26)13-3-5-15(22)6-4-13/h3-12H,1-2H3. The van der Waals surface area contributed by atoms with Crippen LogP contribution in [0.1, 0.15) is 0 Å². The van der Waals surface area contributed by atoms with Gasteiger partial charge >= 0.3 is 0 Å². The molecule has 2 aromatic carbocycles. The quantitative estimate of drug-likeness (QED) is 0.323. The first-order chi connectivity index (χ1) is 13.6. The fourth-order valence-electron chi connectivity index (χ4n) is 3.00. The zero-order valence-electron chi connectivity index (χ0n) is 15.2. The molecule has 0 N–H and O–H groups in total. The summed E-state index contributed by atoms with van der Waals surface area (Å²) >= 11 is 4.90. The van der Waals surface area contributed by atoms with Gasteiger partial charge in [-0.25, -0.2) is 9.97 Å². The highest BCUT2D eigenvalue weighted by atomic mass is 79.9. The van der Waals surface area contributed by atoms with Gasteiger partial charge in [-0.2, -0.15) is 0 Å². The molecule has 0 atom stereocenters. The molecule has 7 heteroatoms. The highest BCUT2D eigenvalue weighted by Gasteiger charge is 2.16. The highest BCUT2D eigenvalue weighted by Crippen LogP contribution is 2.27. The van der Waals surface area contributed by atoms with Crippen LogP contribution in [0.2, 0.25) is 0 Å². The summed E-state index contributed by atoms with van der Waals surface area (Å²) in [6.07, 6.45) is 5.46. The Hall–Kier alpha value is -2.64. The van der Waals surface area contributed by atoms with E-state index in [1.807, 2.05) is 54.8 Å². The van der Waals surface area contributed by atoms with Crippen molar-refractivity contribution in [2.45, 2.75) is 5.16 Å². The van der Waals surface area contributed by atoms with Crippen molar-refractivity contribution in [2.75, 3.05) is 13.4 Å². The second-order valence-electron chi connectivity index (χ2n) is 6.04. The molecule has 5 nitrogen and oxygen atoms in total. The lowest BCUT2D eigenvalue weighted by Gasteiger charge is -2.13. The number of hydrogen-bond donors (Lipinski definition) is 0. The third-order valence-electron chi connectivity index (χ3n) is 4.40. The Kier molecular flexibility index (Phi) is 5.19. The highest BCUT2D eigenvalue weighted by molar-refractivity contribution is 9.10. The third kappa shape index (κ3) is 3.43. The summed E-state index contributed by atoms with van der Waals surface area (Å²) in [6, 6.07) is 15.0. The molecule has 0 saturated heterocycles. The van der Waals surface area contributed by atoms with Gasteiger partial charge in [0, 0.05) is 27.9 Å². The van der Waals surface area contributed by atoms with Gasteiger partial charge in [-0.05, 0) is 48.2 Å². The molecular weight excluding hydrogens is 438 g/mol. The van der Waals surface area contributed by atoms with Crippen LogP contribution in [-0.2, 0) is 0 Å². The number of benzene rings is 2. The SMILES string of the molecule is COc1ccc(-n2cc3cnc(SC)nc3c(-c3ccc(Br)cc3)c2=O)cc1. The maximum absolute atomic E-state index is 13.5. The van der Waals surface area contributed by atoms with E-state index in [-0.39, 0.29) is 5.56 Å². The predicted octanol–water partition coefficient (Wildman–Crippen LogP) is 4.94. The maximum atomic E-state index is 13.5. The van der Waals surface area contributed by atoms with Gasteiger partial charge in [0.15, 0.2) is 5.16 Å². The Bertz CT molecular complexity index is 1210. The van der Waals surface area contributed by atoms with Gasteiger partial charge in [-0.3, -0.25) is 9.36 Å². The summed E-state index contributed by atoms with van der Waals surface area (Å²) in [7, 11) is 1.61. The lowest BCUT2D eigenvalue weighted by Crippen LogP contribution is -2.20. The van der Waals surface area contributed by atoms with E-state index in [0.29, 0.717) is 16.2 Å². The zero-order valence-corrected chi connectivity index (χ0v) is 17.6. The van der Waals surface area contributed by atoms with E-state index in [9.17, 15) is 4.79 Å². The number of ether oxygens (including phenoxy) is 1. The van der Waals surface area contributed by atoms with Crippen molar-refractivity contribution in [2.24, 2.45) is 0 Å². The first-order valence-electron chi connectivity index (χ1n) is 8.47. The van der Waals surface area contributed by atoms with Gasteiger partial charge in [-0.1, -0.05) is 39.8 Å². The first-order valence-corrected chi connectivity index (χ1v) is 10.5. The van der Waals surface area contributed by atoms with Crippen molar-refractivity contribution < 1.29 is 4.74 Å². The lowest BCUT2D eigenvalue weighted by atomic mass is 10.0. The Balaban J connectivity index is 2.03. The molecule has 0 fully saturated rings. The van der Waals surface area contributed by atoms with Crippen molar-refractivity contribution in [3.8, 4) is 22.6 Å². The van der Waals surface area contributed by atoms with Gasteiger partial charge in [0.2, 0.25) is 0 Å². The maximum Gasteiger partial charge on any atom is 0.265 e. The molecular formula is C21H16BrN3O2S. The van der Waals surface area contributed by atoms with E-state index in [0.717, 1.165) is 26.9 Å². The number of aromatic nitrogens is 3. The second kappa shape index (κ2) is 7.77. The molecule has 2 aromatic heterocycles. The summed E-state index contributed by atoms with van der Waals surface area (Å²) < 4.78 is 7.80. The monoisotopic (exact) mass is 453 g/mol. The normalized spacial score (nSPS) is 11.0. The number of halogens is 1.